The molecule has 2 aromatic carbocycles. The number of benzene rings is 2. The highest BCUT2D eigenvalue weighted by Gasteiger charge is 2.35. The van der Waals surface area contributed by atoms with E-state index in [0.717, 1.165) is 30.4 Å². The zero-order valence-corrected chi connectivity index (χ0v) is 19.4. The van der Waals surface area contributed by atoms with Crippen molar-refractivity contribution < 1.29 is 14.5 Å². The van der Waals surface area contributed by atoms with Crippen LogP contribution in [0.25, 0.3) is 0 Å². The summed E-state index contributed by atoms with van der Waals surface area (Å²) in [5, 5.41) is 14.6. The van der Waals surface area contributed by atoms with Crippen LogP contribution in [0.5, 0.6) is 0 Å². The molecule has 6 heteroatoms. The van der Waals surface area contributed by atoms with Gasteiger partial charge in [-0.25, -0.2) is 4.79 Å². The number of carbonyl (C=O) groups is 1. The topological polar surface area (TPSA) is 81.5 Å². The lowest BCUT2D eigenvalue weighted by Gasteiger charge is -2.37. The Kier molecular flexibility index (Phi) is 7.89. The molecule has 1 N–H and O–H groups in total. The lowest BCUT2D eigenvalue weighted by molar-refractivity contribution is -0.384. The summed E-state index contributed by atoms with van der Waals surface area (Å²) in [5.41, 5.74) is 2.38. The number of hydrogen-bond donors (Lipinski definition) is 1. The second kappa shape index (κ2) is 10.6. The lowest BCUT2D eigenvalue weighted by Crippen LogP contribution is -2.41. The summed E-state index contributed by atoms with van der Waals surface area (Å²) < 4.78 is 6.10. The number of carbonyl (C=O) groups excluding carboxylic acids is 1. The molecular weight excluding hydrogens is 404 g/mol. The number of esters is 1. The monoisotopic (exact) mass is 438 g/mol. The van der Waals surface area contributed by atoms with Crippen LogP contribution in [0.15, 0.2) is 48.5 Å². The van der Waals surface area contributed by atoms with Crippen LogP contribution >= 0.6 is 0 Å². The number of hydrogen-bond acceptors (Lipinski definition) is 5. The van der Waals surface area contributed by atoms with E-state index in [1.165, 1.54) is 6.07 Å². The van der Waals surface area contributed by atoms with Gasteiger partial charge >= 0.3 is 5.97 Å². The molecule has 172 valence electrons. The Labute approximate surface area is 190 Å². The van der Waals surface area contributed by atoms with Gasteiger partial charge in [0.2, 0.25) is 0 Å². The van der Waals surface area contributed by atoms with Gasteiger partial charge in [-0.1, -0.05) is 69.2 Å². The molecule has 0 saturated heterocycles. The second-order valence-corrected chi connectivity index (χ2v) is 9.46. The molecule has 1 fully saturated rings. The first-order chi connectivity index (χ1) is 15.2. The first-order valence-electron chi connectivity index (χ1n) is 11.5. The first kappa shape index (κ1) is 23.8. The highest BCUT2D eigenvalue weighted by atomic mass is 16.6. The molecule has 0 heterocycles. The molecule has 32 heavy (non-hydrogen) atoms. The SMILES string of the molecule is Cc1ccc(C[C@@H](Nc2ccccc2[N+](=O)[O-])C(=O)OC2C[C@H](C)CC[C@H]2C(C)C)cc1. The third-order valence-electron chi connectivity index (χ3n) is 6.50. The largest absolute Gasteiger partial charge is 0.461 e. The molecule has 1 unspecified atom stereocenters. The predicted octanol–water partition coefficient (Wildman–Crippen LogP) is 5.93. The van der Waals surface area contributed by atoms with Gasteiger partial charge in [-0.15, -0.1) is 0 Å². The Morgan fingerprint density at radius 1 is 1.16 bits per heavy atom. The summed E-state index contributed by atoms with van der Waals surface area (Å²) in [5.74, 6) is 0.926. The minimum absolute atomic E-state index is 0.0550. The Morgan fingerprint density at radius 3 is 2.50 bits per heavy atom. The molecule has 0 radical (unpaired) electrons. The summed E-state index contributed by atoms with van der Waals surface area (Å²) >= 11 is 0. The van der Waals surface area contributed by atoms with Gasteiger partial charge in [0.05, 0.1) is 4.92 Å². The molecule has 1 saturated carbocycles. The number of aryl methyl sites for hydroxylation is 1. The van der Waals surface area contributed by atoms with Gasteiger partial charge < -0.3 is 10.1 Å². The van der Waals surface area contributed by atoms with Crippen LogP contribution in [0.3, 0.4) is 0 Å². The van der Waals surface area contributed by atoms with Crippen LogP contribution in [0.4, 0.5) is 11.4 Å². The van der Waals surface area contributed by atoms with Crippen LogP contribution in [-0.4, -0.2) is 23.0 Å². The molecule has 0 bridgehead atoms. The Morgan fingerprint density at radius 2 is 1.84 bits per heavy atom. The average Bonchev–Trinajstić information content (AvgIpc) is 2.74. The summed E-state index contributed by atoms with van der Waals surface area (Å²) in [4.78, 5) is 24.4. The van der Waals surface area contributed by atoms with Crippen molar-refractivity contribution in [3.8, 4) is 0 Å². The maximum absolute atomic E-state index is 13.4. The Bertz CT molecular complexity index is 926. The van der Waals surface area contributed by atoms with E-state index >= 15 is 0 Å². The maximum atomic E-state index is 13.4. The van der Waals surface area contributed by atoms with Crippen molar-refractivity contribution >= 4 is 17.3 Å². The van der Waals surface area contributed by atoms with Crippen LogP contribution in [0.1, 0.15) is 51.2 Å². The second-order valence-electron chi connectivity index (χ2n) is 9.46. The first-order valence-corrected chi connectivity index (χ1v) is 11.5. The molecule has 0 aliphatic heterocycles. The fourth-order valence-electron chi connectivity index (χ4n) is 4.58. The number of ether oxygens (including phenoxy) is 1. The zero-order valence-electron chi connectivity index (χ0n) is 19.4. The van der Waals surface area contributed by atoms with Gasteiger partial charge in [-0.05, 0) is 49.1 Å². The molecule has 2 aromatic rings. The average molecular weight is 439 g/mol. The maximum Gasteiger partial charge on any atom is 0.329 e. The minimum atomic E-state index is -0.719. The molecule has 0 amide bonds. The van der Waals surface area contributed by atoms with Gasteiger partial charge in [0, 0.05) is 12.5 Å². The van der Waals surface area contributed by atoms with E-state index in [1.807, 2.05) is 31.2 Å². The van der Waals surface area contributed by atoms with Crippen LogP contribution < -0.4 is 5.32 Å². The number of anilines is 1. The summed E-state index contributed by atoms with van der Waals surface area (Å²) in [7, 11) is 0. The van der Waals surface area contributed by atoms with Crippen molar-refractivity contribution in [3.63, 3.8) is 0 Å². The van der Waals surface area contributed by atoms with E-state index in [9.17, 15) is 14.9 Å². The molecule has 0 spiro atoms. The van der Waals surface area contributed by atoms with Gasteiger partial charge in [0.1, 0.15) is 17.8 Å². The standard InChI is InChI=1S/C26H34N2O4/c1-17(2)21-14-11-19(4)15-25(21)32-26(29)23(16-20-12-9-18(3)10-13-20)27-22-7-5-6-8-24(22)28(30)31/h5-10,12-13,17,19,21,23,25,27H,11,14-16H2,1-4H3/t19-,21+,23-,25?/m1/s1. The molecule has 0 aromatic heterocycles. The van der Waals surface area contributed by atoms with Crippen molar-refractivity contribution in [2.45, 2.75) is 65.5 Å². The summed E-state index contributed by atoms with van der Waals surface area (Å²) in [6.07, 6.45) is 3.33. The van der Waals surface area contributed by atoms with Crippen molar-refractivity contribution in [1.29, 1.82) is 0 Å². The Balaban J connectivity index is 1.84. The highest BCUT2D eigenvalue weighted by molar-refractivity contribution is 5.81. The number of nitro groups is 1. The van der Waals surface area contributed by atoms with E-state index in [2.05, 4.69) is 26.1 Å². The van der Waals surface area contributed by atoms with Crippen LogP contribution in [0, 0.1) is 34.8 Å². The number of nitrogens with zero attached hydrogens (tertiary/aromatic N) is 1. The molecule has 4 atom stereocenters. The summed E-state index contributed by atoms with van der Waals surface area (Å²) in [6.45, 7) is 8.57. The van der Waals surface area contributed by atoms with E-state index in [-0.39, 0.29) is 17.8 Å². The molecule has 3 rings (SSSR count). The van der Waals surface area contributed by atoms with E-state index in [4.69, 9.17) is 4.74 Å². The zero-order chi connectivity index (χ0) is 23.3. The van der Waals surface area contributed by atoms with Gasteiger partial charge in [-0.2, -0.15) is 0 Å². The van der Waals surface area contributed by atoms with Gasteiger partial charge in [0.15, 0.2) is 0 Å². The summed E-state index contributed by atoms with van der Waals surface area (Å²) in [6, 6.07) is 13.7. The third-order valence-corrected chi connectivity index (χ3v) is 6.50. The molecular formula is C26H34N2O4. The number of rotatable bonds is 8. The van der Waals surface area contributed by atoms with Gasteiger partial charge in [0.25, 0.3) is 5.69 Å². The van der Waals surface area contributed by atoms with Gasteiger partial charge in [-0.3, -0.25) is 10.1 Å². The number of para-hydroxylation sites is 2. The molecule has 1 aliphatic carbocycles. The van der Waals surface area contributed by atoms with E-state index < -0.39 is 11.0 Å². The molecule has 6 nitrogen and oxygen atoms in total. The smallest absolute Gasteiger partial charge is 0.329 e. The fraction of sp³-hybridized carbons (Fsp3) is 0.500. The van der Waals surface area contributed by atoms with Crippen LogP contribution in [0.2, 0.25) is 0 Å². The van der Waals surface area contributed by atoms with E-state index in [0.29, 0.717) is 29.9 Å². The van der Waals surface area contributed by atoms with Crippen LogP contribution in [-0.2, 0) is 16.0 Å². The van der Waals surface area contributed by atoms with E-state index in [1.54, 1.807) is 18.2 Å². The van der Waals surface area contributed by atoms with Crippen molar-refractivity contribution in [2.75, 3.05) is 5.32 Å². The van der Waals surface area contributed by atoms with Crippen molar-refractivity contribution in [1.82, 2.24) is 0 Å². The lowest BCUT2D eigenvalue weighted by atomic mass is 9.75. The quantitative estimate of drug-likeness (QED) is 0.314. The Hall–Kier alpha value is -2.89. The minimum Gasteiger partial charge on any atom is -0.461 e. The predicted molar refractivity (Wildman–Crippen MR) is 127 cm³/mol. The fourth-order valence-corrected chi connectivity index (χ4v) is 4.58. The number of nitro benzene ring substituents is 1. The highest BCUT2D eigenvalue weighted by Crippen LogP contribution is 2.36. The molecule has 1 aliphatic rings. The normalized spacial score (nSPS) is 21.7. The van der Waals surface area contributed by atoms with Crippen molar-refractivity contribution in [3.05, 3.63) is 69.8 Å². The number of nitrogens with one attached hydrogen (secondary N) is 1. The van der Waals surface area contributed by atoms with Crippen molar-refractivity contribution in [2.24, 2.45) is 17.8 Å². The third kappa shape index (κ3) is 6.09.